The summed E-state index contributed by atoms with van der Waals surface area (Å²) in [6.45, 7) is 0. The van der Waals surface area contributed by atoms with Crippen LogP contribution in [0.3, 0.4) is 0 Å². The zero-order chi connectivity index (χ0) is 39.6. The third-order valence-corrected chi connectivity index (χ3v) is 14.2. The maximum absolute atomic E-state index is 2.45. The van der Waals surface area contributed by atoms with Crippen molar-refractivity contribution in [3.05, 3.63) is 218 Å². The molecule has 60 heavy (non-hydrogen) atoms. The molecule has 0 spiro atoms. The first-order chi connectivity index (χ1) is 29.7. The van der Waals surface area contributed by atoms with Crippen LogP contribution in [-0.2, 0) is 0 Å². The molecule has 0 aliphatic heterocycles. The van der Waals surface area contributed by atoms with Crippen LogP contribution in [0.2, 0.25) is 0 Å². The lowest BCUT2D eigenvalue weighted by Crippen LogP contribution is -2.13. The average Bonchev–Trinajstić information content (AvgIpc) is 3.88. The van der Waals surface area contributed by atoms with Crippen LogP contribution in [-0.4, -0.2) is 0 Å². The van der Waals surface area contributed by atoms with Crippen LogP contribution < -0.4 is 9.80 Å². The minimum atomic E-state index is 1.09. The fraction of sp³-hybridized carbons (Fsp3) is 0. The van der Waals surface area contributed by atoms with Crippen molar-refractivity contribution in [2.24, 2.45) is 0 Å². The minimum absolute atomic E-state index is 1.09. The van der Waals surface area contributed by atoms with E-state index in [-0.39, 0.29) is 0 Å². The number of hydrogen-bond donors (Lipinski definition) is 0. The molecule has 10 aromatic carbocycles. The molecule has 0 radical (unpaired) electrons. The van der Waals surface area contributed by atoms with Crippen LogP contribution in [0, 0.1) is 0 Å². The third kappa shape index (κ3) is 5.84. The van der Waals surface area contributed by atoms with Crippen molar-refractivity contribution in [2.75, 3.05) is 9.80 Å². The Kier molecular flexibility index (Phi) is 8.25. The molecule has 2 heterocycles. The zero-order valence-electron chi connectivity index (χ0n) is 32.5. The second kappa shape index (κ2) is 14.2. The number of anilines is 6. The van der Waals surface area contributed by atoms with Gasteiger partial charge in [-0.25, -0.2) is 0 Å². The molecule has 2 nitrogen and oxygen atoms in total. The molecule has 282 valence electrons. The molecule has 12 aromatic rings. The van der Waals surface area contributed by atoms with Crippen molar-refractivity contribution in [1.82, 2.24) is 0 Å². The fourth-order valence-electron chi connectivity index (χ4n) is 8.94. The van der Waals surface area contributed by atoms with Crippen molar-refractivity contribution in [1.29, 1.82) is 0 Å². The van der Waals surface area contributed by atoms with E-state index in [0.29, 0.717) is 0 Å². The number of para-hydroxylation sites is 2. The monoisotopic (exact) mass is 800 g/mol. The van der Waals surface area contributed by atoms with Gasteiger partial charge in [0.15, 0.2) is 0 Å². The molecule has 12 rings (SSSR count). The molecule has 0 unspecified atom stereocenters. The van der Waals surface area contributed by atoms with Crippen LogP contribution in [0.4, 0.5) is 34.1 Å². The van der Waals surface area contributed by atoms with E-state index in [9.17, 15) is 0 Å². The van der Waals surface area contributed by atoms with Gasteiger partial charge in [-0.15, -0.1) is 22.7 Å². The molecule has 0 saturated carbocycles. The van der Waals surface area contributed by atoms with E-state index in [0.717, 1.165) is 34.1 Å². The Balaban J connectivity index is 1.16. The molecule has 0 aliphatic carbocycles. The number of nitrogens with zero attached hydrogens (tertiary/aromatic N) is 2. The third-order valence-electron chi connectivity index (χ3n) is 11.8. The summed E-state index contributed by atoms with van der Waals surface area (Å²) < 4.78 is 5.16. The van der Waals surface area contributed by atoms with Crippen molar-refractivity contribution < 1.29 is 0 Å². The number of thiophene rings is 2. The molecule has 0 amide bonds. The molecular weight excluding hydrogens is 765 g/mol. The summed E-state index contributed by atoms with van der Waals surface area (Å²) in [6, 6.07) is 80.0. The van der Waals surface area contributed by atoms with E-state index in [2.05, 4.69) is 228 Å². The van der Waals surface area contributed by atoms with Crippen molar-refractivity contribution in [3.63, 3.8) is 0 Å². The van der Waals surface area contributed by atoms with Crippen LogP contribution >= 0.6 is 22.7 Å². The van der Waals surface area contributed by atoms with Gasteiger partial charge in [0.25, 0.3) is 0 Å². The second-order valence-electron chi connectivity index (χ2n) is 15.3. The van der Waals surface area contributed by atoms with Crippen LogP contribution in [0.1, 0.15) is 0 Å². The normalized spacial score (nSPS) is 11.7. The van der Waals surface area contributed by atoms with Gasteiger partial charge in [0.2, 0.25) is 0 Å². The number of fused-ring (bicyclic) bond motifs is 8. The molecule has 4 heteroatoms. The highest BCUT2D eigenvalue weighted by Gasteiger charge is 2.23. The Bertz CT molecular complexity index is 3570. The summed E-state index contributed by atoms with van der Waals surface area (Å²) in [7, 11) is 0. The van der Waals surface area contributed by atoms with Gasteiger partial charge in [0.05, 0.1) is 10.4 Å². The van der Waals surface area contributed by atoms with Gasteiger partial charge in [-0.05, 0) is 112 Å². The molecule has 0 aliphatic rings. The van der Waals surface area contributed by atoms with E-state index in [1.807, 2.05) is 22.7 Å². The Morgan fingerprint density at radius 3 is 1.57 bits per heavy atom. The lowest BCUT2D eigenvalue weighted by molar-refractivity contribution is 1.27. The number of hydrogen-bond acceptors (Lipinski definition) is 4. The Labute approximate surface area is 356 Å². The van der Waals surface area contributed by atoms with Gasteiger partial charge in [-0.2, -0.15) is 0 Å². The van der Waals surface area contributed by atoms with Gasteiger partial charge in [-0.3, -0.25) is 0 Å². The summed E-state index contributed by atoms with van der Waals surface area (Å²) in [5, 5.41) is 9.99. The van der Waals surface area contributed by atoms with Crippen molar-refractivity contribution >= 4 is 119 Å². The Hall–Kier alpha value is -7.24. The van der Waals surface area contributed by atoms with Crippen molar-refractivity contribution in [3.8, 4) is 11.1 Å². The van der Waals surface area contributed by atoms with Gasteiger partial charge >= 0.3 is 0 Å². The van der Waals surface area contributed by atoms with Gasteiger partial charge in [0, 0.05) is 64.1 Å². The standard InChI is InChI=1S/C56H36N2S2/c1-3-18-42(19-4-1)57(44-29-26-37-14-7-9-16-39(37)32-44)46-35-51-50-34-41(47-23-13-24-49-48-22-11-12-25-53(48)59-55(47)49)28-31-54(50)60-56(51)52(36-46)58(43-20-5-2-6-21-43)45-30-27-38-15-8-10-17-40(38)33-45/h1-36H. The van der Waals surface area contributed by atoms with Gasteiger partial charge in [0.1, 0.15) is 0 Å². The van der Waals surface area contributed by atoms with Crippen LogP contribution in [0.15, 0.2) is 218 Å². The highest BCUT2D eigenvalue weighted by atomic mass is 32.1. The summed E-state index contributed by atoms with van der Waals surface area (Å²) in [5.74, 6) is 0. The maximum Gasteiger partial charge on any atom is 0.0661 e. The fourth-order valence-corrected chi connectivity index (χ4v) is 11.3. The Morgan fingerprint density at radius 2 is 0.850 bits per heavy atom. The topological polar surface area (TPSA) is 6.48 Å². The maximum atomic E-state index is 2.45. The second-order valence-corrected chi connectivity index (χ2v) is 17.4. The molecular formula is C56H36N2S2. The summed E-state index contributed by atoms with van der Waals surface area (Å²) >= 11 is 3.77. The molecule has 2 aromatic heterocycles. The molecule has 0 saturated heterocycles. The largest absolute Gasteiger partial charge is 0.310 e. The molecule has 0 bridgehead atoms. The number of benzene rings is 10. The van der Waals surface area contributed by atoms with E-state index in [1.165, 1.54) is 73.0 Å². The first-order valence-electron chi connectivity index (χ1n) is 20.3. The molecule has 0 N–H and O–H groups in total. The predicted molar refractivity (Wildman–Crippen MR) is 262 cm³/mol. The minimum Gasteiger partial charge on any atom is -0.310 e. The predicted octanol–water partition coefficient (Wildman–Crippen LogP) is 17.3. The summed E-state index contributed by atoms with van der Waals surface area (Å²) in [5.41, 5.74) is 9.18. The first kappa shape index (κ1) is 34.8. The smallest absolute Gasteiger partial charge is 0.0661 e. The SMILES string of the molecule is c1ccc(N(c2ccc3ccccc3c2)c2cc(N(c3ccccc3)c3ccc4ccccc4c3)c3sc4ccc(-c5cccc6c5sc5ccccc56)cc4c3c2)cc1. The van der Waals surface area contributed by atoms with Crippen molar-refractivity contribution in [2.45, 2.75) is 0 Å². The zero-order valence-corrected chi connectivity index (χ0v) is 34.1. The molecule has 0 fully saturated rings. The van der Waals surface area contributed by atoms with Gasteiger partial charge in [-0.1, -0.05) is 140 Å². The highest BCUT2D eigenvalue weighted by Crippen LogP contribution is 2.50. The highest BCUT2D eigenvalue weighted by molar-refractivity contribution is 7.27. The first-order valence-corrected chi connectivity index (χ1v) is 22.0. The van der Waals surface area contributed by atoms with Crippen LogP contribution in [0.25, 0.3) is 73.0 Å². The summed E-state index contributed by atoms with van der Waals surface area (Å²) in [4.78, 5) is 4.88. The molecule has 0 atom stereocenters. The quantitative estimate of drug-likeness (QED) is 0.158. The number of rotatable bonds is 7. The lowest BCUT2D eigenvalue weighted by atomic mass is 10.00. The average molecular weight is 801 g/mol. The van der Waals surface area contributed by atoms with Crippen LogP contribution in [0.5, 0.6) is 0 Å². The van der Waals surface area contributed by atoms with E-state index < -0.39 is 0 Å². The van der Waals surface area contributed by atoms with E-state index in [4.69, 9.17) is 0 Å². The lowest BCUT2D eigenvalue weighted by Gasteiger charge is -2.30. The van der Waals surface area contributed by atoms with E-state index in [1.54, 1.807) is 0 Å². The Morgan fingerprint density at radius 1 is 0.283 bits per heavy atom. The van der Waals surface area contributed by atoms with E-state index >= 15 is 0 Å². The van der Waals surface area contributed by atoms with Gasteiger partial charge < -0.3 is 9.80 Å². The summed E-state index contributed by atoms with van der Waals surface area (Å²) in [6.07, 6.45) is 0.